The molecule has 4 atom stereocenters. The number of hydrogen-bond donors (Lipinski definition) is 7. The third-order valence-electron chi connectivity index (χ3n) is 9.83. The Morgan fingerprint density at radius 2 is 1.41 bits per heavy atom. The topological polar surface area (TPSA) is 235 Å². The quantitative estimate of drug-likeness (QED) is 0.0482. The lowest BCUT2D eigenvalue weighted by Crippen LogP contribution is -2.53. The van der Waals surface area contributed by atoms with Gasteiger partial charge in [0, 0.05) is 68.9 Å². The first-order valence-electron chi connectivity index (χ1n) is 18.2. The van der Waals surface area contributed by atoms with Gasteiger partial charge in [-0.15, -0.1) is 0 Å². The van der Waals surface area contributed by atoms with E-state index in [9.17, 15) is 49.2 Å². The normalized spacial score (nSPS) is 23.0. The number of urea groups is 1. The number of anilines is 1. The van der Waals surface area contributed by atoms with Crippen LogP contribution in [0.4, 0.5) is 15.3 Å². The minimum absolute atomic E-state index is 0.0342. The summed E-state index contributed by atoms with van der Waals surface area (Å²) in [5, 5.41) is 48.0. The second-order valence-electron chi connectivity index (χ2n) is 14.1. The van der Waals surface area contributed by atoms with E-state index in [-0.39, 0.29) is 102 Å². The van der Waals surface area contributed by atoms with E-state index in [4.69, 9.17) is 0 Å². The number of nitrogens with one attached hydrogen (secondary N) is 3. The van der Waals surface area contributed by atoms with Gasteiger partial charge >= 0.3 is 30.0 Å². The minimum atomic E-state index is -1.24. The van der Waals surface area contributed by atoms with E-state index in [1.165, 1.54) is 4.90 Å². The summed E-state index contributed by atoms with van der Waals surface area (Å²) in [7, 11) is 0. The van der Waals surface area contributed by atoms with Crippen LogP contribution >= 0.6 is 11.8 Å². The molecule has 0 aromatic heterocycles. The molecule has 18 nitrogen and oxygen atoms in total. The van der Waals surface area contributed by atoms with Crippen molar-refractivity contribution in [2.45, 2.75) is 55.5 Å². The molecular weight excluding hydrogens is 724 g/mol. The van der Waals surface area contributed by atoms with Gasteiger partial charge in [-0.3, -0.25) is 33.9 Å². The van der Waals surface area contributed by atoms with Gasteiger partial charge < -0.3 is 41.3 Å². The number of hydrogen-bond acceptors (Lipinski definition) is 10. The van der Waals surface area contributed by atoms with E-state index >= 15 is 0 Å². The Hall–Kier alpha value is -4.46. The number of benzene rings is 1. The first kappa shape index (κ1) is 42.3. The number of unbranched alkanes of at least 4 members (excludes halogenated alkanes) is 2. The zero-order valence-corrected chi connectivity index (χ0v) is 31.3. The average Bonchev–Trinajstić information content (AvgIpc) is 3.63. The molecule has 0 spiro atoms. The van der Waals surface area contributed by atoms with E-state index in [1.54, 1.807) is 43.5 Å². The highest BCUT2D eigenvalue weighted by atomic mass is 32.2. The Morgan fingerprint density at radius 3 is 2.02 bits per heavy atom. The summed E-state index contributed by atoms with van der Waals surface area (Å²) < 4.78 is 1.72. The monoisotopic (exact) mass is 777 g/mol. The van der Waals surface area contributed by atoms with Crippen LogP contribution in [0.25, 0.3) is 0 Å². The maximum Gasteiger partial charge on any atom is 0.407 e. The number of rotatable bonds is 17. The van der Waals surface area contributed by atoms with Gasteiger partial charge in [-0.25, -0.2) is 14.2 Å². The van der Waals surface area contributed by atoms with Gasteiger partial charge in [-0.05, 0) is 37.0 Å². The summed E-state index contributed by atoms with van der Waals surface area (Å²) in [4.78, 5) is 77.8. The minimum Gasteiger partial charge on any atom is -0.480 e. The molecule has 4 amide bonds. The number of carbonyl (C=O) groups is 6. The summed E-state index contributed by atoms with van der Waals surface area (Å²) in [6.07, 6.45) is 2.89. The molecule has 4 unspecified atom stereocenters. The number of carboxylic acid groups (broad SMARTS) is 4. The summed E-state index contributed by atoms with van der Waals surface area (Å²) in [6, 6.07) is 6.55. The molecule has 1 aromatic rings. The number of carboxylic acids is 3. The van der Waals surface area contributed by atoms with Crippen LogP contribution in [0, 0.1) is 0 Å². The molecule has 0 radical (unpaired) electrons. The van der Waals surface area contributed by atoms with E-state index in [0.717, 1.165) is 37.0 Å². The van der Waals surface area contributed by atoms with E-state index in [0.29, 0.717) is 17.5 Å². The lowest BCUT2D eigenvalue weighted by molar-refractivity contribution is -0.508. The molecule has 3 heterocycles. The highest BCUT2D eigenvalue weighted by molar-refractivity contribution is 8.00. The van der Waals surface area contributed by atoms with Crippen LogP contribution in [0.1, 0.15) is 31.2 Å². The largest absolute Gasteiger partial charge is 0.480 e. The van der Waals surface area contributed by atoms with Crippen molar-refractivity contribution in [3.8, 4) is 0 Å². The fraction of sp³-hybridized carbons (Fsp3) is 0.629. The van der Waals surface area contributed by atoms with Crippen LogP contribution in [-0.2, 0) is 25.6 Å². The summed E-state index contributed by atoms with van der Waals surface area (Å²) >= 11 is 1.90. The number of carbonyl (C=O) groups excluding carboxylic acids is 2. The second-order valence-corrected chi connectivity index (χ2v) is 15.3. The molecule has 3 aliphatic rings. The number of fused-ring (bicyclic) bond motifs is 1. The van der Waals surface area contributed by atoms with Gasteiger partial charge in [-0.1, -0.05) is 18.6 Å². The van der Waals surface area contributed by atoms with Gasteiger partial charge in [0.2, 0.25) is 6.54 Å². The fourth-order valence-electron chi connectivity index (χ4n) is 7.15. The van der Waals surface area contributed by atoms with E-state index in [1.807, 2.05) is 11.8 Å². The smallest absolute Gasteiger partial charge is 0.407 e. The van der Waals surface area contributed by atoms with Crippen LogP contribution in [0.5, 0.6) is 0 Å². The maximum absolute atomic E-state index is 12.8. The molecule has 0 bridgehead atoms. The summed E-state index contributed by atoms with van der Waals surface area (Å²) in [6.45, 7) is 4.46. The highest BCUT2D eigenvalue weighted by Crippen LogP contribution is 2.33. The van der Waals surface area contributed by atoms with E-state index in [2.05, 4.69) is 22.7 Å². The fourth-order valence-corrected chi connectivity index (χ4v) is 8.69. The first-order valence-corrected chi connectivity index (χ1v) is 19.3. The molecule has 3 fully saturated rings. The van der Waals surface area contributed by atoms with Gasteiger partial charge in [0.05, 0.1) is 37.8 Å². The molecule has 298 valence electrons. The standard InChI is InChI=1S/C35H52N8O10S/c1-39(10-4-2-3-5-28-33-27(23-54-28)37-34(51)38-33)19-29(44)36-25-8-6-24(7-9-25)17-26-18-42(22-32(49)50)14-13-40(20-30(45)46)11-12-41(21-31(47)48)15-16-43(26)35(52)53/h6-9,26-28,33H,1-5,10-23H2,(H6-,36,37,38,44,45,46,47,48,49,50,51,52,53)/p+1. The van der Waals surface area contributed by atoms with Crippen molar-refractivity contribution in [1.29, 1.82) is 0 Å². The maximum atomic E-state index is 12.8. The van der Waals surface area contributed by atoms with Gasteiger partial charge in [0.1, 0.15) is 13.3 Å². The molecule has 19 heteroatoms. The van der Waals surface area contributed by atoms with Crippen molar-refractivity contribution >= 4 is 60.1 Å². The predicted molar refractivity (Wildman–Crippen MR) is 201 cm³/mol. The molecule has 3 aliphatic heterocycles. The van der Waals surface area contributed by atoms with Crippen LogP contribution < -0.4 is 16.0 Å². The molecule has 0 aliphatic carbocycles. The van der Waals surface area contributed by atoms with Crippen molar-refractivity contribution in [2.75, 3.05) is 89.6 Å². The first-order chi connectivity index (χ1) is 25.7. The predicted octanol–water partition coefficient (Wildman–Crippen LogP) is 0.129. The van der Waals surface area contributed by atoms with Crippen molar-refractivity contribution in [1.82, 2.24) is 30.2 Å². The zero-order valence-electron chi connectivity index (χ0n) is 30.4. The zero-order chi connectivity index (χ0) is 39.2. The lowest BCUT2D eigenvalue weighted by atomic mass is 10.0. The molecule has 3 saturated heterocycles. The third-order valence-corrected chi connectivity index (χ3v) is 11.3. The Morgan fingerprint density at radius 1 is 0.815 bits per heavy atom. The molecule has 54 heavy (non-hydrogen) atoms. The molecule has 0 saturated carbocycles. The third kappa shape index (κ3) is 14.1. The average molecular weight is 778 g/mol. The van der Waals surface area contributed by atoms with E-state index < -0.39 is 30.0 Å². The van der Waals surface area contributed by atoms with Crippen molar-refractivity contribution in [2.24, 2.45) is 0 Å². The van der Waals surface area contributed by atoms with Gasteiger partial charge in [-0.2, -0.15) is 11.8 Å². The van der Waals surface area contributed by atoms with Gasteiger partial charge in [0.25, 0.3) is 5.91 Å². The molecule has 7 N–H and O–H groups in total. The summed E-state index contributed by atoms with van der Waals surface area (Å²) in [5.41, 5.74) is 1.28. The van der Waals surface area contributed by atoms with Crippen molar-refractivity contribution < 1.29 is 53.8 Å². The van der Waals surface area contributed by atoms with Crippen LogP contribution in [0.15, 0.2) is 24.3 Å². The number of amides is 4. The number of thioether (sulfide) groups is 1. The molecule has 4 rings (SSSR count). The number of aliphatic carboxylic acids is 3. The Labute approximate surface area is 318 Å². The van der Waals surface area contributed by atoms with Crippen LogP contribution in [0.2, 0.25) is 0 Å². The Kier molecular flexibility index (Phi) is 16.3. The Balaban J connectivity index is 1.32. The SMILES string of the molecule is C=[N+](CCCCCC1SCC2NC(=O)NC21)CC(=O)Nc1ccc(CC2CN(CC(=O)O)CCN(CC(=O)O)CCN(CC(=O)O)CCN2C(=O)O)cc1. The molecular formula is C35H53N8O10S+. The van der Waals surface area contributed by atoms with Crippen molar-refractivity contribution in [3.05, 3.63) is 29.8 Å². The lowest BCUT2D eigenvalue weighted by Gasteiger charge is -2.37. The second kappa shape index (κ2) is 20.8. The number of nitrogens with zero attached hydrogens (tertiary/aromatic N) is 5. The van der Waals surface area contributed by atoms with Crippen molar-refractivity contribution in [3.63, 3.8) is 0 Å². The highest BCUT2D eigenvalue weighted by Gasteiger charge is 2.42. The van der Waals surface area contributed by atoms with Crippen LogP contribution in [-0.4, -0.2) is 195 Å². The van der Waals surface area contributed by atoms with Gasteiger partial charge in [0.15, 0.2) is 0 Å². The molecule has 1 aromatic carbocycles. The Bertz CT molecular complexity index is 1500. The van der Waals surface area contributed by atoms with Crippen LogP contribution in [0.3, 0.4) is 0 Å². The summed E-state index contributed by atoms with van der Waals surface area (Å²) in [5.74, 6) is -2.59.